The van der Waals surface area contributed by atoms with Crippen LogP contribution in [0.2, 0.25) is 5.02 Å². The van der Waals surface area contributed by atoms with Gasteiger partial charge in [-0.25, -0.2) is 4.39 Å². The van der Waals surface area contributed by atoms with Crippen LogP contribution < -0.4 is 4.87 Å². The van der Waals surface area contributed by atoms with Crippen LogP contribution in [0.1, 0.15) is 22.9 Å². The van der Waals surface area contributed by atoms with E-state index in [1.54, 1.807) is 12.1 Å². The smallest absolute Gasteiger partial charge is 0.310 e. The monoisotopic (exact) mass is 400 g/mol. The van der Waals surface area contributed by atoms with Crippen molar-refractivity contribution in [2.45, 2.75) is 13.5 Å². The van der Waals surface area contributed by atoms with Crippen molar-refractivity contribution in [1.82, 2.24) is 4.57 Å². The fourth-order valence-electron chi connectivity index (χ4n) is 3.04. The van der Waals surface area contributed by atoms with Gasteiger partial charge < -0.3 is 5.11 Å². The van der Waals surface area contributed by atoms with Crippen LogP contribution in [0.5, 0.6) is 5.88 Å². The normalized spacial score (nSPS) is 14.5. The number of aromatic hydroxyl groups is 1. The summed E-state index contributed by atoms with van der Waals surface area (Å²) in [4.78, 5) is 16.9. The van der Waals surface area contributed by atoms with Crippen molar-refractivity contribution in [2.24, 2.45) is 4.99 Å². The van der Waals surface area contributed by atoms with Crippen molar-refractivity contribution in [3.63, 3.8) is 0 Å². The van der Waals surface area contributed by atoms with Gasteiger partial charge in [0.15, 0.2) is 0 Å². The number of para-hydroxylation sites is 1. The Balaban J connectivity index is 1.77. The highest BCUT2D eigenvalue weighted by atomic mass is 35.5. The van der Waals surface area contributed by atoms with E-state index in [1.807, 2.05) is 31.2 Å². The molecule has 0 saturated carbocycles. The lowest BCUT2D eigenvalue weighted by atomic mass is 10.0. The topological polar surface area (TPSA) is 54.6 Å². The number of aliphatic imine (C=N–C) groups is 1. The highest BCUT2D eigenvalue weighted by Gasteiger charge is 2.20. The molecule has 0 aliphatic carbocycles. The van der Waals surface area contributed by atoms with Crippen LogP contribution in [-0.4, -0.2) is 15.4 Å². The van der Waals surface area contributed by atoms with Crippen LogP contribution >= 0.6 is 22.9 Å². The standard InChI is InChI=1S/C20H14ClFN2O2S/c1-11-13(12-5-2-3-8-17(12)23-11)9-18-19(25)24(20(26)27-18)10-14-15(21)6-4-7-16(14)22/h2-9,25H,10H2,1H3/b13-9+. The van der Waals surface area contributed by atoms with E-state index in [4.69, 9.17) is 11.6 Å². The molecule has 1 aromatic heterocycles. The highest BCUT2D eigenvalue weighted by molar-refractivity contribution is 7.10. The first-order chi connectivity index (χ1) is 13.0. The third kappa shape index (κ3) is 3.11. The molecule has 3 aromatic rings. The van der Waals surface area contributed by atoms with Gasteiger partial charge in [0.2, 0.25) is 5.88 Å². The molecular formula is C20H14ClFN2O2S. The summed E-state index contributed by atoms with van der Waals surface area (Å²) >= 11 is 6.94. The van der Waals surface area contributed by atoms with Gasteiger partial charge in [-0.1, -0.05) is 47.2 Å². The van der Waals surface area contributed by atoms with Gasteiger partial charge in [-0.2, -0.15) is 0 Å². The zero-order valence-electron chi connectivity index (χ0n) is 14.2. The lowest BCUT2D eigenvalue weighted by Crippen LogP contribution is -2.14. The van der Waals surface area contributed by atoms with Gasteiger partial charge in [-0.15, -0.1) is 0 Å². The highest BCUT2D eigenvalue weighted by Crippen LogP contribution is 2.37. The average molecular weight is 401 g/mol. The molecule has 0 saturated heterocycles. The Labute approximate surface area is 163 Å². The summed E-state index contributed by atoms with van der Waals surface area (Å²) in [5.41, 5.74) is 3.61. The van der Waals surface area contributed by atoms with Gasteiger partial charge in [0, 0.05) is 27.4 Å². The Morgan fingerprint density at radius 2 is 2.04 bits per heavy atom. The third-order valence-electron chi connectivity index (χ3n) is 4.42. The number of thiazole rings is 1. The van der Waals surface area contributed by atoms with Crippen molar-refractivity contribution in [3.8, 4) is 5.88 Å². The summed E-state index contributed by atoms with van der Waals surface area (Å²) < 4.78 is 15.2. The van der Waals surface area contributed by atoms with Gasteiger partial charge in [0.05, 0.1) is 17.1 Å². The molecule has 7 heteroatoms. The number of benzene rings is 2. The molecule has 0 fully saturated rings. The molecule has 0 atom stereocenters. The summed E-state index contributed by atoms with van der Waals surface area (Å²) in [5, 5.41) is 10.8. The number of rotatable bonds is 3. The van der Waals surface area contributed by atoms with Gasteiger partial charge in [0.25, 0.3) is 0 Å². The summed E-state index contributed by atoms with van der Waals surface area (Å²) in [7, 11) is 0. The van der Waals surface area contributed by atoms with Crippen molar-refractivity contribution < 1.29 is 9.50 Å². The maximum Gasteiger partial charge on any atom is 0.310 e. The minimum atomic E-state index is -0.521. The lowest BCUT2D eigenvalue weighted by Gasteiger charge is -2.07. The number of halogens is 2. The van der Waals surface area contributed by atoms with Crippen LogP contribution in [0.4, 0.5) is 10.1 Å². The minimum Gasteiger partial charge on any atom is -0.493 e. The summed E-state index contributed by atoms with van der Waals surface area (Å²) in [6, 6.07) is 12.0. The first kappa shape index (κ1) is 17.7. The zero-order chi connectivity index (χ0) is 19.1. The van der Waals surface area contributed by atoms with Crippen LogP contribution in [0, 0.1) is 5.82 Å². The van der Waals surface area contributed by atoms with Crippen LogP contribution in [0.15, 0.2) is 52.3 Å². The molecule has 4 nitrogen and oxygen atoms in total. The van der Waals surface area contributed by atoms with E-state index in [2.05, 4.69) is 4.99 Å². The van der Waals surface area contributed by atoms with E-state index in [9.17, 15) is 14.3 Å². The van der Waals surface area contributed by atoms with Crippen molar-refractivity contribution in [1.29, 1.82) is 0 Å². The molecule has 2 aromatic carbocycles. The van der Waals surface area contributed by atoms with Crippen LogP contribution in [-0.2, 0) is 6.54 Å². The largest absolute Gasteiger partial charge is 0.493 e. The lowest BCUT2D eigenvalue weighted by molar-refractivity contribution is 0.418. The molecule has 0 radical (unpaired) electrons. The molecule has 0 spiro atoms. The fraction of sp³-hybridized carbons (Fsp3) is 0.100. The maximum absolute atomic E-state index is 14.0. The summed E-state index contributed by atoms with van der Waals surface area (Å²) in [6.07, 6.45) is 1.74. The van der Waals surface area contributed by atoms with E-state index >= 15 is 0 Å². The number of aromatic nitrogens is 1. The van der Waals surface area contributed by atoms with Crippen molar-refractivity contribution >= 4 is 46.0 Å². The molecule has 0 unspecified atom stereocenters. The van der Waals surface area contributed by atoms with Crippen molar-refractivity contribution in [3.05, 3.63) is 79.0 Å². The molecule has 2 heterocycles. The van der Waals surface area contributed by atoms with Gasteiger partial charge in [0.1, 0.15) is 5.82 Å². The molecule has 0 amide bonds. The second kappa shape index (κ2) is 6.79. The summed E-state index contributed by atoms with van der Waals surface area (Å²) in [6.45, 7) is 1.74. The number of hydrogen-bond donors (Lipinski definition) is 1. The Bertz CT molecular complexity index is 1160. The van der Waals surface area contributed by atoms with E-state index < -0.39 is 5.82 Å². The predicted octanol–water partition coefficient (Wildman–Crippen LogP) is 5.10. The van der Waals surface area contributed by atoms with E-state index in [0.717, 1.165) is 38.4 Å². The maximum atomic E-state index is 14.0. The van der Waals surface area contributed by atoms with Gasteiger partial charge in [-0.3, -0.25) is 14.4 Å². The first-order valence-electron chi connectivity index (χ1n) is 8.18. The molecule has 27 heavy (non-hydrogen) atoms. The Hall–Kier alpha value is -2.70. The third-order valence-corrected chi connectivity index (χ3v) is 5.69. The minimum absolute atomic E-state index is 0.139. The zero-order valence-corrected chi connectivity index (χ0v) is 15.8. The number of fused-ring (bicyclic) bond motifs is 1. The van der Waals surface area contributed by atoms with E-state index in [-0.39, 0.29) is 27.9 Å². The van der Waals surface area contributed by atoms with Crippen molar-refractivity contribution in [2.75, 3.05) is 0 Å². The van der Waals surface area contributed by atoms with E-state index in [1.165, 1.54) is 12.1 Å². The average Bonchev–Trinajstić information content (AvgIpc) is 3.09. The Kier molecular flexibility index (Phi) is 4.45. The van der Waals surface area contributed by atoms with Crippen LogP contribution in [0.25, 0.3) is 11.6 Å². The number of nitrogens with zero attached hydrogens (tertiary/aromatic N) is 2. The molecular weight excluding hydrogens is 387 g/mol. The predicted molar refractivity (Wildman–Crippen MR) is 108 cm³/mol. The van der Waals surface area contributed by atoms with Gasteiger partial charge >= 0.3 is 4.87 Å². The molecule has 1 aliphatic heterocycles. The second-order valence-electron chi connectivity index (χ2n) is 6.11. The summed E-state index contributed by atoms with van der Waals surface area (Å²) in [5.74, 6) is -0.735. The number of allylic oxidation sites excluding steroid dienone is 1. The van der Waals surface area contributed by atoms with E-state index in [0.29, 0.717) is 4.88 Å². The Morgan fingerprint density at radius 1 is 1.26 bits per heavy atom. The second-order valence-corrected chi connectivity index (χ2v) is 7.51. The molecule has 136 valence electrons. The van der Waals surface area contributed by atoms with Gasteiger partial charge in [-0.05, 0) is 31.2 Å². The molecule has 4 rings (SSSR count). The molecule has 0 bridgehead atoms. The number of hydrogen-bond acceptors (Lipinski definition) is 4. The molecule has 1 N–H and O–H groups in total. The SMILES string of the molecule is CC1=Nc2ccccc2/C1=C/c1sc(=O)n(Cc2c(F)cccc2Cl)c1O. The quantitative estimate of drug-likeness (QED) is 0.664. The molecule has 1 aliphatic rings. The Morgan fingerprint density at radius 3 is 2.81 bits per heavy atom. The first-order valence-corrected chi connectivity index (χ1v) is 9.37. The fourth-order valence-corrected chi connectivity index (χ4v) is 4.09. The van der Waals surface area contributed by atoms with Crippen LogP contribution in [0.3, 0.4) is 0 Å².